The highest BCUT2D eigenvalue weighted by molar-refractivity contribution is 5.74. The predicted molar refractivity (Wildman–Crippen MR) is 112 cm³/mol. The molecule has 4 nitrogen and oxygen atoms in total. The minimum atomic E-state index is -0.319. The molecular formula is C23H31FN2O2. The number of aldehydes is 1. The van der Waals surface area contributed by atoms with Gasteiger partial charge >= 0.3 is 0 Å². The molecule has 0 aliphatic carbocycles. The van der Waals surface area contributed by atoms with Crippen LogP contribution in [0.1, 0.15) is 40.0 Å². The van der Waals surface area contributed by atoms with Crippen molar-refractivity contribution in [2.75, 3.05) is 40.3 Å². The van der Waals surface area contributed by atoms with Gasteiger partial charge in [-0.2, -0.15) is 0 Å². The Bertz CT molecular complexity index is 769. The van der Waals surface area contributed by atoms with Crippen LogP contribution in [0.5, 0.6) is 5.75 Å². The molecule has 2 aromatic rings. The van der Waals surface area contributed by atoms with E-state index in [1.165, 1.54) is 54.0 Å². The molecule has 5 heteroatoms. The molecule has 0 aromatic heterocycles. The molecule has 1 aliphatic rings. The molecule has 0 amide bonds. The zero-order valence-electron chi connectivity index (χ0n) is 17.5. The molecular weight excluding hydrogens is 355 g/mol. The number of halogens is 1. The number of nitrogens with zero attached hydrogens (tertiary/aromatic N) is 2. The molecule has 1 aliphatic heterocycles. The maximum absolute atomic E-state index is 12.1. The number of piperazine rings is 1. The predicted octanol–water partition coefficient (Wildman–Crippen LogP) is 4.26. The fourth-order valence-corrected chi connectivity index (χ4v) is 3.44. The van der Waals surface area contributed by atoms with E-state index in [1.54, 1.807) is 7.11 Å². The van der Waals surface area contributed by atoms with Crippen molar-refractivity contribution in [2.24, 2.45) is 0 Å². The smallest absolute Gasteiger partial charge is 0.150 e. The van der Waals surface area contributed by atoms with Crippen molar-refractivity contribution in [1.82, 2.24) is 9.80 Å². The number of rotatable bonds is 4. The van der Waals surface area contributed by atoms with E-state index in [-0.39, 0.29) is 5.82 Å². The number of hydrogen-bond acceptors (Lipinski definition) is 4. The standard InChI is InChI=1S/C16H26N2O.C7H5FO/c1-12-13(2)16(19-5)7-6-15(12)14(3)18-10-8-17(4)9-11-18;8-7-3-1-6(5-9)2-4-7/h6-7,14H,8-11H2,1-5H3;1-5H. The van der Waals surface area contributed by atoms with Crippen LogP contribution in [0.25, 0.3) is 0 Å². The largest absolute Gasteiger partial charge is 0.496 e. The van der Waals surface area contributed by atoms with Crippen LogP contribution in [-0.4, -0.2) is 56.4 Å². The topological polar surface area (TPSA) is 32.8 Å². The lowest BCUT2D eigenvalue weighted by molar-refractivity contribution is 0.112. The van der Waals surface area contributed by atoms with E-state index < -0.39 is 0 Å². The molecule has 1 fully saturated rings. The Kier molecular flexibility index (Phi) is 8.15. The average Bonchev–Trinajstić information content (AvgIpc) is 2.71. The van der Waals surface area contributed by atoms with Crippen molar-refractivity contribution in [2.45, 2.75) is 26.8 Å². The number of ether oxygens (including phenoxy) is 1. The van der Waals surface area contributed by atoms with E-state index in [2.05, 4.69) is 49.8 Å². The molecule has 1 heterocycles. The highest BCUT2D eigenvalue weighted by atomic mass is 19.1. The third-order valence-electron chi connectivity index (χ3n) is 5.54. The van der Waals surface area contributed by atoms with Gasteiger partial charge in [0.15, 0.2) is 0 Å². The van der Waals surface area contributed by atoms with Crippen molar-refractivity contribution in [3.63, 3.8) is 0 Å². The van der Waals surface area contributed by atoms with Crippen molar-refractivity contribution in [1.29, 1.82) is 0 Å². The van der Waals surface area contributed by atoms with Gasteiger partial charge in [-0.15, -0.1) is 0 Å². The molecule has 0 radical (unpaired) electrons. The van der Waals surface area contributed by atoms with Crippen molar-refractivity contribution in [3.8, 4) is 5.75 Å². The normalized spacial score (nSPS) is 16.1. The average molecular weight is 387 g/mol. The Hall–Kier alpha value is -2.24. The summed E-state index contributed by atoms with van der Waals surface area (Å²) in [6, 6.07) is 10.2. The van der Waals surface area contributed by atoms with Gasteiger partial charge in [-0.1, -0.05) is 6.07 Å². The molecule has 1 saturated heterocycles. The van der Waals surface area contributed by atoms with Gasteiger partial charge in [-0.05, 0) is 74.8 Å². The molecule has 0 N–H and O–H groups in total. The van der Waals surface area contributed by atoms with Crippen LogP contribution in [0.15, 0.2) is 36.4 Å². The second-order valence-corrected chi connectivity index (χ2v) is 7.29. The Morgan fingerprint density at radius 3 is 2.14 bits per heavy atom. The molecule has 3 rings (SSSR count). The van der Waals surface area contributed by atoms with Gasteiger partial charge in [-0.3, -0.25) is 9.69 Å². The summed E-state index contributed by atoms with van der Waals surface area (Å²) in [5.74, 6) is 0.674. The minimum Gasteiger partial charge on any atom is -0.496 e. The van der Waals surface area contributed by atoms with E-state index in [4.69, 9.17) is 4.74 Å². The summed E-state index contributed by atoms with van der Waals surface area (Å²) in [6.45, 7) is 11.3. The summed E-state index contributed by atoms with van der Waals surface area (Å²) in [6.07, 6.45) is 0.680. The van der Waals surface area contributed by atoms with E-state index in [9.17, 15) is 9.18 Å². The molecule has 28 heavy (non-hydrogen) atoms. The van der Waals surface area contributed by atoms with E-state index >= 15 is 0 Å². The maximum Gasteiger partial charge on any atom is 0.150 e. The van der Waals surface area contributed by atoms with Crippen LogP contribution in [0.2, 0.25) is 0 Å². The summed E-state index contributed by atoms with van der Waals surface area (Å²) in [5, 5.41) is 0. The third kappa shape index (κ3) is 5.63. The summed E-state index contributed by atoms with van der Waals surface area (Å²) in [4.78, 5) is 15.0. The number of benzene rings is 2. The van der Waals surface area contributed by atoms with Crippen molar-refractivity contribution < 1.29 is 13.9 Å². The first-order valence-electron chi connectivity index (χ1n) is 9.64. The second-order valence-electron chi connectivity index (χ2n) is 7.29. The van der Waals surface area contributed by atoms with Gasteiger partial charge in [-0.25, -0.2) is 4.39 Å². The number of methoxy groups -OCH3 is 1. The lowest BCUT2D eigenvalue weighted by Gasteiger charge is -2.37. The van der Waals surface area contributed by atoms with Crippen LogP contribution in [0.4, 0.5) is 4.39 Å². The molecule has 0 saturated carbocycles. The molecule has 152 valence electrons. The van der Waals surface area contributed by atoms with Gasteiger partial charge in [0, 0.05) is 37.8 Å². The van der Waals surface area contributed by atoms with Gasteiger partial charge in [0.2, 0.25) is 0 Å². The van der Waals surface area contributed by atoms with E-state index in [0.717, 1.165) is 18.8 Å². The Balaban J connectivity index is 0.000000261. The molecule has 0 bridgehead atoms. The fourth-order valence-electron chi connectivity index (χ4n) is 3.44. The molecule has 2 aromatic carbocycles. The highest BCUT2D eigenvalue weighted by Gasteiger charge is 2.22. The van der Waals surface area contributed by atoms with Crippen LogP contribution in [0.3, 0.4) is 0 Å². The molecule has 1 atom stereocenters. The van der Waals surface area contributed by atoms with Gasteiger partial charge in [0.05, 0.1) is 7.11 Å². The Labute approximate surface area is 167 Å². The lowest BCUT2D eigenvalue weighted by atomic mass is 9.96. The van der Waals surface area contributed by atoms with Gasteiger partial charge < -0.3 is 9.64 Å². The first-order chi connectivity index (χ1) is 13.4. The van der Waals surface area contributed by atoms with Crippen molar-refractivity contribution in [3.05, 3.63) is 64.5 Å². The van der Waals surface area contributed by atoms with Gasteiger partial charge in [0.1, 0.15) is 17.9 Å². The van der Waals surface area contributed by atoms with E-state index in [0.29, 0.717) is 17.9 Å². The monoisotopic (exact) mass is 386 g/mol. The number of carbonyl (C=O) groups is 1. The highest BCUT2D eigenvalue weighted by Crippen LogP contribution is 2.30. The van der Waals surface area contributed by atoms with E-state index in [1.807, 2.05) is 0 Å². The first kappa shape index (κ1) is 22.1. The van der Waals surface area contributed by atoms with Crippen LogP contribution < -0.4 is 4.74 Å². The molecule has 1 unspecified atom stereocenters. The quantitative estimate of drug-likeness (QED) is 0.735. The van der Waals surface area contributed by atoms with Crippen LogP contribution in [0, 0.1) is 19.7 Å². The minimum absolute atomic E-state index is 0.319. The summed E-state index contributed by atoms with van der Waals surface area (Å²) < 4.78 is 17.5. The first-order valence-corrected chi connectivity index (χ1v) is 9.64. The lowest BCUT2D eigenvalue weighted by Crippen LogP contribution is -2.45. The summed E-state index contributed by atoms with van der Waals surface area (Å²) in [7, 11) is 3.94. The Morgan fingerprint density at radius 2 is 1.61 bits per heavy atom. The maximum atomic E-state index is 12.1. The van der Waals surface area contributed by atoms with Crippen LogP contribution >= 0.6 is 0 Å². The Morgan fingerprint density at radius 1 is 1.00 bits per heavy atom. The fraction of sp³-hybridized carbons (Fsp3) is 0.435. The third-order valence-corrected chi connectivity index (χ3v) is 5.54. The number of carbonyl (C=O) groups excluding carboxylic acids is 1. The summed E-state index contributed by atoms with van der Waals surface area (Å²) in [5.41, 5.74) is 4.56. The zero-order valence-corrected chi connectivity index (χ0v) is 17.5. The van der Waals surface area contributed by atoms with Gasteiger partial charge in [0.25, 0.3) is 0 Å². The number of hydrogen-bond donors (Lipinski definition) is 0. The zero-order chi connectivity index (χ0) is 20.7. The number of likely N-dealkylation sites (N-methyl/N-ethyl adjacent to an activating group) is 1. The van der Waals surface area contributed by atoms with Crippen LogP contribution in [-0.2, 0) is 0 Å². The SMILES string of the molecule is COc1ccc(C(C)N2CCN(C)CC2)c(C)c1C.O=Cc1ccc(F)cc1. The van der Waals surface area contributed by atoms with Crippen molar-refractivity contribution >= 4 is 6.29 Å². The second kappa shape index (κ2) is 10.3. The molecule has 0 spiro atoms. The summed E-state index contributed by atoms with van der Waals surface area (Å²) >= 11 is 0.